The lowest BCUT2D eigenvalue weighted by molar-refractivity contribution is 0.119. The second-order valence-corrected chi connectivity index (χ2v) is 5.88. The van der Waals surface area contributed by atoms with Gasteiger partial charge in [0.2, 0.25) is 0 Å². The molecular weight excluding hydrogens is 212 g/mol. The van der Waals surface area contributed by atoms with Crippen LogP contribution in [0, 0.1) is 12.3 Å². The van der Waals surface area contributed by atoms with Gasteiger partial charge in [0, 0.05) is 19.3 Å². The van der Waals surface area contributed by atoms with Crippen molar-refractivity contribution >= 4 is 0 Å². The molecule has 0 radical (unpaired) electrons. The van der Waals surface area contributed by atoms with E-state index in [0.717, 1.165) is 12.1 Å². The van der Waals surface area contributed by atoms with E-state index in [4.69, 9.17) is 0 Å². The molecule has 0 saturated carbocycles. The summed E-state index contributed by atoms with van der Waals surface area (Å²) < 4.78 is 0. The molecule has 3 heteroatoms. The average molecular weight is 236 g/mol. The van der Waals surface area contributed by atoms with E-state index in [1.807, 2.05) is 19.2 Å². The maximum Gasteiger partial charge on any atom is 0.0669 e. The lowest BCUT2D eigenvalue weighted by Gasteiger charge is -2.22. The molecule has 0 spiro atoms. The molecule has 1 atom stereocenters. The fraction of sp³-hybridized carbons (Fsp3) is 0.643. The number of aliphatic hydroxyl groups excluding tert-OH is 1. The minimum Gasteiger partial charge on any atom is -0.392 e. The fourth-order valence-corrected chi connectivity index (χ4v) is 1.75. The predicted octanol–water partition coefficient (Wildman–Crippen LogP) is 2.28. The Morgan fingerprint density at radius 3 is 2.59 bits per heavy atom. The van der Waals surface area contributed by atoms with Crippen LogP contribution in [0.4, 0.5) is 0 Å². The standard InChI is InChI=1S/C14H24N2O/c1-11-5-6-12(16-8-11)9-15-10-13(17)7-14(2,3)4/h5-6,8,13,15,17H,7,9-10H2,1-4H3. The molecule has 0 fully saturated rings. The van der Waals surface area contributed by atoms with Gasteiger partial charge >= 0.3 is 0 Å². The first-order valence-electron chi connectivity index (χ1n) is 6.17. The second-order valence-electron chi connectivity index (χ2n) is 5.88. The number of aryl methyl sites for hydroxylation is 1. The zero-order valence-electron chi connectivity index (χ0n) is 11.3. The van der Waals surface area contributed by atoms with E-state index in [0.29, 0.717) is 13.1 Å². The van der Waals surface area contributed by atoms with Gasteiger partial charge in [-0.3, -0.25) is 4.98 Å². The Morgan fingerprint density at radius 1 is 1.35 bits per heavy atom. The first kappa shape index (κ1) is 14.1. The van der Waals surface area contributed by atoms with Crippen LogP contribution < -0.4 is 5.32 Å². The van der Waals surface area contributed by atoms with Crippen molar-refractivity contribution in [3.8, 4) is 0 Å². The molecule has 0 aliphatic heterocycles. The first-order valence-corrected chi connectivity index (χ1v) is 6.17. The molecule has 0 aliphatic carbocycles. The molecule has 1 aromatic rings. The van der Waals surface area contributed by atoms with Crippen LogP contribution in [0.2, 0.25) is 0 Å². The normalized spacial score (nSPS) is 13.7. The van der Waals surface area contributed by atoms with Gasteiger partial charge in [-0.25, -0.2) is 0 Å². The summed E-state index contributed by atoms with van der Waals surface area (Å²) in [5.41, 5.74) is 2.35. The third-order valence-corrected chi connectivity index (χ3v) is 2.51. The highest BCUT2D eigenvalue weighted by Gasteiger charge is 2.16. The van der Waals surface area contributed by atoms with Crippen molar-refractivity contribution in [1.82, 2.24) is 10.3 Å². The number of hydrogen-bond acceptors (Lipinski definition) is 3. The summed E-state index contributed by atoms with van der Waals surface area (Å²) >= 11 is 0. The Morgan fingerprint density at radius 2 is 2.06 bits per heavy atom. The monoisotopic (exact) mass is 236 g/mol. The molecule has 0 saturated heterocycles. The van der Waals surface area contributed by atoms with Crippen molar-refractivity contribution in [2.75, 3.05) is 6.54 Å². The van der Waals surface area contributed by atoms with Crippen LogP contribution in [0.1, 0.15) is 38.4 Å². The number of nitrogens with one attached hydrogen (secondary N) is 1. The molecule has 1 heterocycles. The smallest absolute Gasteiger partial charge is 0.0669 e. The van der Waals surface area contributed by atoms with Gasteiger partial charge in [0.1, 0.15) is 0 Å². The number of rotatable bonds is 5. The molecule has 1 aromatic heterocycles. The van der Waals surface area contributed by atoms with E-state index >= 15 is 0 Å². The van der Waals surface area contributed by atoms with Gasteiger partial charge in [0.05, 0.1) is 11.8 Å². The third-order valence-electron chi connectivity index (χ3n) is 2.51. The highest BCUT2D eigenvalue weighted by atomic mass is 16.3. The van der Waals surface area contributed by atoms with Crippen molar-refractivity contribution in [3.63, 3.8) is 0 Å². The second kappa shape index (κ2) is 6.12. The Bertz CT molecular complexity index is 327. The Kier molecular flexibility index (Phi) is 5.09. The van der Waals surface area contributed by atoms with E-state index in [-0.39, 0.29) is 11.5 Å². The van der Waals surface area contributed by atoms with Crippen LogP contribution in [0.5, 0.6) is 0 Å². The third kappa shape index (κ3) is 6.39. The van der Waals surface area contributed by atoms with Gasteiger partial charge in [-0.05, 0) is 30.4 Å². The molecule has 0 bridgehead atoms. The summed E-state index contributed by atoms with van der Waals surface area (Å²) in [6.45, 7) is 9.76. The van der Waals surface area contributed by atoms with Gasteiger partial charge in [-0.15, -0.1) is 0 Å². The fourth-order valence-electron chi connectivity index (χ4n) is 1.75. The zero-order chi connectivity index (χ0) is 12.9. The van der Waals surface area contributed by atoms with Gasteiger partial charge in [-0.1, -0.05) is 26.8 Å². The summed E-state index contributed by atoms with van der Waals surface area (Å²) in [7, 11) is 0. The Labute approximate surface area is 104 Å². The van der Waals surface area contributed by atoms with Crippen molar-refractivity contribution in [3.05, 3.63) is 29.6 Å². The molecule has 1 unspecified atom stereocenters. The van der Waals surface area contributed by atoms with E-state index in [1.165, 1.54) is 5.56 Å². The highest BCUT2D eigenvalue weighted by Crippen LogP contribution is 2.20. The maximum atomic E-state index is 9.82. The number of pyridine rings is 1. The molecule has 2 N–H and O–H groups in total. The Hall–Kier alpha value is -0.930. The minimum absolute atomic E-state index is 0.170. The van der Waals surface area contributed by atoms with Crippen LogP contribution in [-0.4, -0.2) is 22.7 Å². The largest absolute Gasteiger partial charge is 0.392 e. The molecule has 17 heavy (non-hydrogen) atoms. The van der Waals surface area contributed by atoms with Crippen molar-refractivity contribution < 1.29 is 5.11 Å². The maximum absolute atomic E-state index is 9.82. The SMILES string of the molecule is Cc1ccc(CNCC(O)CC(C)(C)C)nc1. The summed E-state index contributed by atoms with van der Waals surface area (Å²) in [6.07, 6.45) is 2.38. The molecule has 0 amide bonds. The van der Waals surface area contributed by atoms with Crippen LogP contribution in [0.25, 0.3) is 0 Å². The number of aliphatic hydroxyl groups is 1. The minimum atomic E-state index is -0.291. The quantitative estimate of drug-likeness (QED) is 0.824. The number of nitrogens with zero attached hydrogens (tertiary/aromatic N) is 1. The van der Waals surface area contributed by atoms with Gasteiger partial charge in [0.25, 0.3) is 0 Å². The molecule has 0 aliphatic rings. The van der Waals surface area contributed by atoms with E-state index < -0.39 is 0 Å². The van der Waals surface area contributed by atoms with Crippen LogP contribution in [0.15, 0.2) is 18.3 Å². The predicted molar refractivity (Wildman–Crippen MR) is 70.8 cm³/mol. The zero-order valence-corrected chi connectivity index (χ0v) is 11.3. The molecule has 1 rings (SSSR count). The van der Waals surface area contributed by atoms with Crippen molar-refractivity contribution in [2.24, 2.45) is 5.41 Å². The molecular formula is C14H24N2O. The summed E-state index contributed by atoms with van der Waals surface area (Å²) in [6, 6.07) is 4.06. The van der Waals surface area contributed by atoms with E-state index in [9.17, 15) is 5.11 Å². The van der Waals surface area contributed by atoms with Gasteiger partial charge < -0.3 is 10.4 Å². The Balaban J connectivity index is 2.26. The van der Waals surface area contributed by atoms with Crippen molar-refractivity contribution in [1.29, 1.82) is 0 Å². The van der Waals surface area contributed by atoms with Crippen LogP contribution in [0.3, 0.4) is 0 Å². The van der Waals surface area contributed by atoms with Crippen molar-refractivity contribution in [2.45, 2.75) is 46.8 Å². The summed E-state index contributed by atoms with van der Waals surface area (Å²) in [5, 5.41) is 13.1. The summed E-state index contributed by atoms with van der Waals surface area (Å²) in [5.74, 6) is 0. The molecule has 0 aromatic carbocycles. The highest BCUT2D eigenvalue weighted by molar-refractivity contribution is 5.11. The first-order chi connectivity index (χ1) is 7.87. The van der Waals surface area contributed by atoms with Crippen LogP contribution in [-0.2, 0) is 6.54 Å². The summed E-state index contributed by atoms with van der Waals surface area (Å²) in [4.78, 5) is 4.31. The average Bonchev–Trinajstić information content (AvgIpc) is 2.18. The lowest BCUT2D eigenvalue weighted by Crippen LogP contribution is -2.30. The lowest BCUT2D eigenvalue weighted by atomic mass is 9.89. The van der Waals surface area contributed by atoms with E-state index in [1.54, 1.807) is 0 Å². The van der Waals surface area contributed by atoms with Gasteiger partial charge in [-0.2, -0.15) is 0 Å². The van der Waals surface area contributed by atoms with E-state index in [2.05, 4.69) is 37.1 Å². The van der Waals surface area contributed by atoms with Gasteiger partial charge in [0.15, 0.2) is 0 Å². The van der Waals surface area contributed by atoms with Crippen LogP contribution >= 0.6 is 0 Å². The topological polar surface area (TPSA) is 45.1 Å². The molecule has 96 valence electrons. The number of hydrogen-bond donors (Lipinski definition) is 2. The number of aromatic nitrogens is 1. The molecule has 3 nitrogen and oxygen atoms in total.